The zero-order valence-corrected chi connectivity index (χ0v) is 9.80. The van der Waals surface area contributed by atoms with Gasteiger partial charge in [-0.15, -0.1) is 0 Å². The normalized spacial score (nSPS) is 18.6. The third-order valence-corrected chi connectivity index (χ3v) is 3.27. The average molecular weight is 194 g/mol. The standard InChI is InChI=1S/C14H26/c1-2-3-4-5-6-8-11-14-12-9-7-10-13-14/h9,13-14H,2-8,10-12H2,1H3. The topological polar surface area (TPSA) is 0 Å². The highest BCUT2D eigenvalue weighted by Gasteiger charge is 2.12. The van der Waals surface area contributed by atoms with Crippen molar-refractivity contribution in [2.75, 3.05) is 0 Å². The molecule has 0 heterocycles. The molecule has 0 aromatic rings. The lowest BCUT2D eigenvalue weighted by molar-refractivity contribution is 0.451. The fourth-order valence-corrected chi connectivity index (χ4v) is 2.30. The van der Waals surface area contributed by atoms with Gasteiger partial charge in [0, 0.05) is 0 Å². The van der Waals surface area contributed by atoms with Crippen LogP contribution < -0.4 is 0 Å². The summed E-state index contributed by atoms with van der Waals surface area (Å²) in [6.07, 6.45) is 19.1. The molecule has 0 bridgehead atoms. The summed E-state index contributed by atoms with van der Waals surface area (Å²) in [5, 5.41) is 0. The van der Waals surface area contributed by atoms with Gasteiger partial charge < -0.3 is 0 Å². The van der Waals surface area contributed by atoms with Crippen molar-refractivity contribution >= 4 is 0 Å². The Balaban J connectivity index is 1.82. The fourth-order valence-electron chi connectivity index (χ4n) is 2.30. The maximum Gasteiger partial charge on any atom is -0.0355 e. The Labute approximate surface area is 90.5 Å². The van der Waals surface area contributed by atoms with Crippen molar-refractivity contribution in [3.8, 4) is 0 Å². The van der Waals surface area contributed by atoms with E-state index in [4.69, 9.17) is 0 Å². The Morgan fingerprint density at radius 1 is 1.00 bits per heavy atom. The molecule has 0 aromatic carbocycles. The molecule has 1 aliphatic carbocycles. The molecule has 1 rings (SSSR count). The minimum atomic E-state index is 0.926. The molecule has 0 nitrogen and oxygen atoms in total. The van der Waals surface area contributed by atoms with E-state index >= 15 is 0 Å². The van der Waals surface area contributed by atoms with Crippen LogP contribution in [0.5, 0.6) is 0 Å². The maximum absolute atomic E-state index is 2.55. The van der Waals surface area contributed by atoms with Crippen molar-refractivity contribution in [2.24, 2.45) is 5.92 Å². The molecule has 1 saturated carbocycles. The molecule has 0 saturated heterocycles. The van der Waals surface area contributed by atoms with E-state index in [-0.39, 0.29) is 0 Å². The lowest BCUT2D eigenvalue weighted by atomic mass is 9.85. The van der Waals surface area contributed by atoms with Crippen LogP contribution in [0, 0.1) is 18.8 Å². The van der Waals surface area contributed by atoms with Crippen LogP contribution in [-0.2, 0) is 0 Å². The van der Waals surface area contributed by atoms with Gasteiger partial charge in [0.2, 0.25) is 0 Å². The maximum atomic E-state index is 2.55. The van der Waals surface area contributed by atoms with E-state index in [0.717, 1.165) is 5.92 Å². The Morgan fingerprint density at radius 3 is 2.50 bits per heavy atom. The summed E-state index contributed by atoms with van der Waals surface area (Å²) in [4.78, 5) is 0. The molecule has 0 aliphatic heterocycles. The van der Waals surface area contributed by atoms with E-state index in [1.807, 2.05) is 0 Å². The van der Waals surface area contributed by atoms with Crippen molar-refractivity contribution in [1.82, 2.24) is 0 Å². The molecule has 0 aromatic heterocycles. The number of hydrogen-bond acceptors (Lipinski definition) is 0. The molecule has 2 radical (unpaired) electrons. The Hall–Kier alpha value is 0. The van der Waals surface area contributed by atoms with E-state index in [9.17, 15) is 0 Å². The monoisotopic (exact) mass is 194 g/mol. The van der Waals surface area contributed by atoms with Gasteiger partial charge >= 0.3 is 0 Å². The SMILES string of the molecule is CCCCCCCCC1[CH]CC[CH]C1. The predicted molar refractivity (Wildman–Crippen MR) is 63.9 cm³/mol. The second-order valence-corrected chi connectivity index (χ2v) is 4.65. The Kier molecular flexibility index (Phi) is 7.17. The molecular weight excluding hydrogens is 168 g/mol. The van der Waals surface area contributed by atoms with Crippen LogP contribution in [0.15, 0.2) is 0 Å². The Bertz CT molecular complexity index is 111. The van der Waals surface area contributed by atoms with Gasteiger partial charge in [-0.25, -0.2) is 0 Å². The molecule has 0 amide bonds. The average Bonchev–Trinajstić information content (AvgIpc) is 2.25. The molecule has 0 spiro atoms. The van der Waals surface area contributed by atoms with Gasteiger partial charge in [0.1, 0.15) is 0 Å². The minimum Gasteiger partial charge on any atom is -0.0654 e. The van der Waals surface area contributed by atoms with Crippen LogP contribution >= 0.6 is 0 Å². The molecule has 1 aliphatic rings. The van der Waals surface area contributed by atoms with Gasteiger partial charge in [-0.2, -0.15) is 0 Å². The van der Waals surface area contributed by atoms with Crippen molar-refractivity contribution < 1.29 is 0 Å². The van der Waals surface area contributed by atoms with E-state index in [1.54, 1.807) is 0 Å². The van der Waals surface area contributed by atoms with Crippen molar-refractivity contribution in [1.29, 1.82) is 0 Å². The second kappa shape index (κ2) is 8.32. The first kappa shape index (κ1) is 12.1. The highest BCUT2D eigenvalue weighted by atomic mass is 14.2. The van der Waals surface area contributed by atoms with E-state index in [1.165, 1.54) is 64.2 Å². The van der Waals surface area contributed by atoms with Gasteiger partial charge in [-0.3, -0.25) is 0 Å². The first-order valence-electron chi connectivity index (χ1n) is 6.58. The zero-order chi connectivity index (χ0) is 10.1. The molecule has 0 heteroatoms. The molecule has 14 heavy (non-hydrogen) atoms. The summed E-state index contributed by atoms with van der Waals surface area (Å²) in [7, 11) is 0. The summed E-state index contributed by atoms with van der Waals surface area (Å²) < 4.78 is 0. The third kappa shape index (κ3) is 5.67. The smallest absolute Gasteiger partial charge is 0.0355 e. The van der Waals surface area contributed by atoms with Crippen LogP contribution in [0.2, 0.25) is 0 Å². The molecule has 0 N–H and O–H groups in total. The van der Waals surface area contributed by atoms with Crippen LogP contribution in [0.3, 0.4) is 0 Å². The molecule has 1 unspecified atom stereocenters. The van der Waals surface area contributed by atoms with Gasteiger partial charge in [0.05, 0.1) is 0 Å². The number of rotatable bonds is 7. The lowest BCUT2D eigenvalue weighted by Gasteiger charge is -2.20. The molecule has 1 fully saturated rings. The van der Waals surface area contributed by atoms with Gasteiger partial charge in [-0.05, 0) is 38.0 Å². The molecular formula is C14H26. The summed E-state index contributed by atoms with van der Waals surface area (Å²) in [6, 6.07) is 0. The van der Waals surface area contributed by atoms with E-state index in [2.05, 4.69) is 19.8 Å². The van der Waals surface area contributed by atoms with Crippen LogP contribution in [0.25, 0.3) is 0 Å². The largest absolute Gasteiger partial charge is 0.0654 e. The highest BCUT2D eigenvalue weighted by Crippen LogP contribution is 2.26. The van der Waals surface area contributed by atoms with Crippen LogP contribution in [-0.4, -0.2) is 0 Å². The highest BCUT2D eigenvalue weighted by molar-refractivity contribution is 4.88. The van der Waals surface area contributed by atoms with E-state index < -0.39 is 0 Å². The molecule has 1 atom stereocenters. The van der Waals surface area contributed by atoms with Gasteiger partial charge in [0.25, 0.3) is 0 Å². The van der Waals surface area contributed by atoms with Crippen molar-refractivity contribution in [2.45, 2.75) is 71.1 Å². The van der Waals surface area contributed by atoms with Crippen LogP contribution in [0.1, 0.15) is 71.1 Å². The summed E-state index contributed by atoms with van der Waals surface area (Å²) >= 11 is 0. The lowest BCUT2D eigenvalue weighted by Crippen LogP contribution is -2.07. The van der Waals surface area contributed by atoms with Crippen molar-refractivity contribution in [3.05, 3.63) is 12.8 Å². The first-order valence-corrected chi connectivity index (χ1v) is 6.58. The Morgan fingerprint density at radius 2 is 1.79 bits per heavy atom. The van der Waals surface area contributed by atoms with Crippen molar-refractivity contribution in [3.63, 3.8) is 0 Å². The number of hydrogen-bond donors (Lipinski definition) is 0. The van der Waals surface area contributed by atoms with Crippen LogP contribution in [0.4, 0.5) is 0 Å². The first-order chi connectivity index (χ1) is 6.93. The van der Waals surface area contributed by atoms with Gasteiger partial charge in [-0.1, -0.05) is 51.9 Å². The zero-order valence-electron chi connectivity index (χ0n) is 9.80. The minimum absolute atomic E-state index is 0.926. The predicted octanol–water partition coefficient (Wildman–Crippen LogP) is 4.95. The quantitative estimate of drug-likeness (QED) is 0.503. The summed E-state index contributed by atoms with van der Waals surface area (Å²) in [5.74, 6) is 0.926. The number of unbranched alkanes of at least 4 members (excludes halogenated alkanes) is 5. The fraction of sp³-hybridized carbons (Fsp3) is 0.857. The second-order valence-electron chi connectivity index (χ2n) is 4.65. The molecule has 82 valence electrons. The summed E-state index contributed by atoms with van der Waals surface area (Å²) in [6.45, 7) is 2.28. The van der Waals surface area contributed by atoms with Gasteiger partial charge in [0.15, 0.2) is 0 Å². The third-order valence-electron chi connectivity index (χ3n) is 3.27. The summed E-state index contributed by atoms with van der Waals surface area (Å²) in [5.41, 5.74) is 0. The van der Waals surface area contributed by atoms with E-state index in [0.29, 0.717) is 0 Å².